The second kappa shape index (κ2) is 9.43. The number of aromatic nitrogens is 1. The van der Waals surface area contributed by atoms with Crippen molar-refractivity contribution in [3.8, 4) is 0 Å². The van der Waals surface area contributed by atoms with Crippen LogP contribution in [-0.2, 0) is 6.54 Å². The van der Waals surface area contributed by atoms with Crippen molar-refractivity contribution in [1.82, 2.24) is 20.1 Å². The summed E-state index contributed by atoms with van der Waals surface area (Å²) < 4.78 is 14.0. The number of nitrogens with zero attached hydrogens (tertiary/aromatic N) is 3. The summed E-state index contributed by atoms with van der Waals surface area (Å²) in [5.74, 6) is 0.790. The largest absolute Gasteiger partial charge is 0.317 e. The number of hydrogen-bond acceptors (Lipinski definition) is 5. The minimum Gasteiger partial charge on any atom is -0.317 e. The molecule has 1 N–H and O–H groups in total. The van der Waals surface area contributed by atoms with Gasteiger partial charge in [-0.3, -0.25) is 4.90 Å². The van der Waals surface area contributed by atoms with Crippen molar-refractivity contribution in [2.45, 2.75) is 44.9 Å². The van der Waals surface area contributed by atoms with E-state index in [0.717, 1.165) is 49.3 Å². The molecule has 0 bridgehead atoms. The molecule has 1 aromatic heterocycles. The number of alkyl halides is 1. The number of piperidine rings is 1. The van der Waals surface area contributed by atoms with E-state index < -0.39 is 6.17 Å². The molecule has 3 rings (SSSR count). The zero-order valence-electron chi connectivity index (χ0n) is 14.7. The molecule has 0 amide bonds. The summed E-state index contributed by atoms with van der Waals surface area (Å²) >= 11 is 1.68. The predicted molar refractivity (Wildman–Crippen MR) is 101 cm³/mol. The standard InChI is InChI=1S/C17H29FN4S.ClH/c1-13-20-16(12-23-13)10-22-9-15(18)7-17(22)11-21(2)8-14-3-5-19-6-4-14;/h12,14-15,17,19H,3-11H2,1-2H3;1H/t15-,17-;/m0./s1. The molecule has 4 nitrogen and oxygen atoms in total. The molecule has 0 aromatic carbocycles. The van der Waals surface area contributed by atoms with Crippen molar-refractivity contribution < 1.29 is 4.39 Å². The summed E-state index contributed by atoms with van der Waals surface area (Å²) in [5, 5.41) is 6.62. The number of likely N-dealkylation sites (N-methyl/N-ethyl adjacent to an activating group) is 1. The van der Waals surface area contributed by atoms with Crippen LogP contribution in [0.5, 0.6) is 0 Å². The molecule has 24 heavy (non-hydrogen) atoms. The van der Waals surface area contributed by atoms with Crippen molar-refractivity contribution in [3.63, 3.8) is 0 Å². The van der Waals surface area contributed by atoms with Gasteiger partial charge in [0.2, 0.25) is 0 Å². The van der Waals surface area contributed by atoms with Gasteiger partial charge in [-0.2, -0.15) is 0 Å². The molecule has 0 aliphatic carbocycles. The van der Waals surface area contributed by atoms with E-state index in [-0.39, 0.29) is 12.4 Å². The van der Waals surface area contributed by atoms with E-state index >= 15 is 0 Å². The van der Waals surface area contributed by atoms with E-state index in [9.17, 15) is 4.39 Å². The van der Waals surface area contributed by atoms with Gasteiger partial charge >= 0.3 is 0 Å². The van der Waals surface area contributed by atoms with Gasteiger partial charge in [0.1, 0.15) is 6.17 Å². The van der Waals surface area contributed by atoms with E-state index in [1.54, 1.807) is 11.3 Å². The van der Waals surface area contributed by atoms with E-state index in [2.05, 4.69) is 32.5 Å². The van der Waals surface area contributed by atoms with Crippen LogP contribution in [0.1, 0.15) is 30.0 Å². The summed E-state index contributed by atoms with van der Waals surface area (Å²) in [6, 6.07) is 0.318. The Morgan fingerprint density at radius 1 is 1.38 bits per heavy atom. The molecule has 0 radical (unpaired) electrons. The number of aryl methyl sites for hydroxylation is 1. The molecule has 2 aliphatic rings. The second-order valence-electron chi connectivity index (χ2n) is 7.19. The average Bonchev–Trinajstić information content (AvgIpc) is 3.06. The number of rotatable bonds is 6. The van der Waals surface area contributed by atoms with Gasteiger partial charge in [-0.25, -0.2) is 9.37 Å². The molecule has 7 heteroatoms. The minimum atomic E-state index is -0.688. The van der Waals surface area contributed by atoms with Crippen molar-refractivity contribution in [1.29, 1.82) is 0 Å². The van der Waals surface area contributed by atoms with E-state index in [1.807, 2.05) is 6.92 Å². The summed E-state index contributed by atoms with van der Waals surface area (Å²) in [6.07, 6.45) is 2.51. The molecule has 2 atom stereocenters. The first-order chi connectivity index (χ1) is 11.1. The van der Waals surface area contributed by atoms with Crippen LogP contribution in [0.15, 0.2) is 5.38 Å². The SMILES string of the molecule is Cc1nc(CN2C[C@@H](F)C[C@H]2CN(C)CC2CCNCC2)cs1.Cl. The number of likely N-dealkylation sites (tertiary alicyclic amines) is 1. The Morgan fingerprint density at radius 2 is 2.12 bits per heavy atom. The third-order valence-electron chi connectivity index (χ3n) is 5.06. The Balaban J connectivity index is 0.00000208. The summed E-state index contributed by atoms with van der Waals surface area (Å²) in [7, 11) is 2.19. The Hall–Kier alpha value is -0.270. The Morgan fingerprint density at radius 3 is 2.79 bits per heavy atom. The third-order valence-corrected chi connectivity index (χ3v) is 5.88. The van der Waals surface area contributed by atoms with Crippen LogP contribution in [0, 0.1) is 12.8 Å². The van der Waals surface area contributed by atoms with Gasteiger partial charge in [-0.1, -0.05) is 0 Å². The zero-order valence-corrected chi connectivity index (χ0v) is 16.3. The van der Waals surface area contributed by atoms with Gasteiger partial charge in [0, 0.05) is 37.6 Å². The number of hydrogen-bond donors (Lipinski definition) is 1. The zero-order chi connectivity index (χ0) is 16.2. The van der Waals surface area contributed by atoms with E-state index in [0.29, 0.717) is 19.0 Å². The first kappa shape index (κ1) is 20.0. The highest BCUT2D eigenvalue weighted by atomic mass is 35.5. The van der Waals surface area contributed by atoms with Gasteiger partial charge in [-0.15, -0.1) is 23.7 Å². The smallest absolute Gasteiger partial charge is 0.114 e. The van der Waals surface area contributed by atoms with E-state index in [1.165, 1.54) is 12.8 Å². The Labute approximate surface area is 155 Å². The fraction of sp³-hybridized carbons (Fsp3) is 0.824. The maximum Gasteiger partial charge on any atom is 0.114 e. The summed E-state index contributed by atoms with van der Waals surface area (Å²) in [6.45, 7) is 7.76. The van der Waals surface area contributed by atoms with Crippen LogP contribution in [0.3, 0.4) is 0 Å². The van der Waals surface area contributed by atoms with Crippen molar-refractivity contribution in [3.05, 3.63) is 16.1 Å². The molecule has 0 spiro atoms. The van der Waals surface area contributed by atoms with Gasteiger partial charge in [0.25, 0.3) is 0 Å². The normalized spacial score (nSPS) is 26.0. The second-order valence-corrected chi connectivity index (χ2v) is 8.25. The van der Waals surface area contributed by atoms with Gasteiger partial charge < -0.3 is 10.2 Å². The van der Waals surface area contributed by atoms with Crippen LogP contribution in [0.2, 0.25) is 0 Å². The minimum absolute atomic E-state index is 0. The molecule has 138 valence electrons. The first-order valence-electron chi connectivity index (χ1n) is 8.78. The maximum atomic E-state index is 14.0. The predicted octanol–water partition coefficient (Wildman–Crippen LogP) is 2.72. The van der Waals surface area contributed by atoms with Gasteiger partial charge in [-0.05, 0) is 52.2 Å². The quantitative estimate of drug-likeness (QED) is 0.827. The number of thiazole rings is 1. The first-order valence-corrected chi connectivity index (χ1v) is 9.66. The lowest BCUT2D eigenvalue weighted by Gasteiger charge is -2.31. The van der Waals surface area contributed by atoms with Crippen LogP contribution in [0.25, 0.3) is 0 Å². The Kier molecular flexibility index (Phi) is 7.88. The third kappa shape index (κ3) is 5.63. The molecular formula is C17H30ClFN4S. The number of halogens is 2. The summed E-state index contributed by atoms with van der Waals surface area (Å²) in [5.41, 5.74) is 1.09. The van der Waals surface area contributed by atoms with Crippen molar-refractivity contribution in [2.75, 3.05) is 39.8 Å². The van der Waals surface area contributed by atoms with Gasteiger partial charge in [0.15, 0.2) is 0 Å². The van der Waals surface area contributed by atoms with Crippen molar-refractivity contribution >= 4 is 23.7 Å². The monoisotopic (exact) mass is 376 g/mol. The van der Waals surface area contributed by atoms with Crippen LogP contribution in [-0.4, -0.2) is 66.8 Å². The molecular weight excluding hydrogens is 347 g/mol. The molecule has 1 aromatic rings. The summed E-state index contributed by atoms with van der Waals surface area (Å²) in [4.78, 5) is 9.24. The van der Waals surface area contributed by atoms with Crippen LogP contribution in [0.4, 0.5) is 4.39 Å². The highest BCUT2D eigenvalue weighted by Gasteiger charge is 2.33. The molecule has 3 heterocycles. The molecule has 2 aliphatic heterocycles. The van der Waals surface area contributed by atoms with Crippen LogP contribution >= 0.6 is 23.7 Å². The fourth-order valence-corrected chi connectivity index (χ4v) is 4.54. The average molecular weight is 377 g/mol. The fourth-order valence-electron chi connectivity index (χ4n) is 3.93. The van der Waals surface area contributed by atoms with Crippen molar-refractivity contribution in [2.24, 2.45) is 5.92 Å². The highest BCUT2D eigenvalue weighted by Crippen LogP contribution is 2.24. The lowest BCUT2D eigenvalue weighted by atomic mass is 9.97. The molecule has 2 saturated heterocycles. The molecule has 0 unspecified atom stereocenters. The molecule has 0 saturated carbocycles. The van der Waals surface area contributed by atoms with E-state index in [4.69, 9.17) is 0 Å². The number of nitrogens with one attached hydrogen (secondary N) is 1. The highest BCUT2D eigenvalue weighted by molar-refractivity contribution is 7.09. The lowest BCUT2D eigenvalue weighted by Crippen LogP contribution is -2.41. The van der Waals surface area contributed by atoms with Gasteiger partial charge in [0.05, 0.1) is 10.7 Å². The molecule has 2 fully saturated rings. The Bertz CT molecular complexity index is 495. The topological polar surface area (TPSA) is 31.4 Å². The maximum absolute atomic E-state index is 14.0. The lowest BCUT2D eigenvalue weighted by molar-refractivity contribution is 0.162. The van der Waals surface area contributed by atoms with Crippen LogP contribution < -0.4 is 5.32 Å².